The zero-order valence-electron chi connectivity index (χ0n) is 20.9. The molecule has 0 saturated carbocycles. The van der Waals surface area contributed by atoms with E-state index in [2.05, 4.69) is 162 Å². The van der Waals surface area contributed by atoms with Crippen molar-refractivity contribution in [2.75, 3.05) is 10.2 Å². The van der Waals surface area contributed by atoms with Crippen LogP contribution in [0.2, 0.25) is 0 Å². The number of benzene rings is 7. The fraction of sp³-hybridized carbons (Fsp3) is 0. The number of rotatable bonds is 5. The predicted molar refractivity (Wildman–Crippen MR) is 163 cm³/mol. The fourth-order valence-corrected chi connectivity index (χ4v) is 5.34. The molecule has 2 heteroatoms. The summed E-state index contributed by atoms with van der Waals surface area (Å²) in [5.74, 6) is 0. The van der Waals surface area contributed by atoms with Gasteiger partial charge in [0.2, 0.25) is 0 Å². The Morgan fingerprint density at radius 1 is 0.368 bits per heavy atom. The van der Waals surface area contributed by atoms with E-state index in [0.29, 0.717) is 0 Å². The van der Waals surface area contributed by atoms with E-state index < -0.39 is 0 Å². The number of hydrogen-bond acceptors (Lipinski definition) is 2. The Bertz CT molecular complexity index is 1810. The van der Waals surface area contributed by atoms with Crippen LogP contribution in [-0.4, -0.2) is 0 Å². The third kappa shape index (κ3) is 4.03. The van der Waals surface area contributed by atoms with Crippen LogP contribution in [0.15, 0.2) is 152 Å². The average molecular weight is 487 g/mol. The third-order valence-electron chi connectivity index (χ3n) is 7.18. The van der Waals surface area contributed by atoms with Crippen molar-refractivity contribution in [1.82, 2.24) is 0 Å². The second-order valence-corrected chi connectivity index (χ2v) is 9.57. The van der Waals surface area contributed by atoms with Crippen molar-refractivity contribution in [2.24, 2.45) is 0 Å². The zero-order valence-corrected chi connectivity index (χ0v) is 20.9. The molecule has 0 aliphatic carbocycles. The minimum Gasteiger partial charge on any atom is -0.356 e. The van der Waals surface area contributed by atoms with E-state index >= 15 is 0 Å². The molecule has 0 saturated heterocycles. The van der Waals surface area contributed by atoms with E-state index in [0.717, 1.165) is 28.4 Å². The molecule has 180 valence electrons. The Morgan fingerprint density at radius 3 is 1.50 bits per heavy atom. The lowest BCUT2D eigenvalue weighted by Gasteiger charge is -2.28. The van der Waals surface area contributed by atoms with Crippen LogP contribution in [-0.2, 0) is 0 Å². The summed E-state index contributed by atoms with van der Waals surface area (Å²) in [5.41, 5.74) is 5.57. The normalized spacial score (nSPS) is 11.2. The first-order valence-electron chi connectivity index (χ1n) is 13.0. The van der Waals surface area contributed by atoms with Gasteiger partial charge in [-0.25, -0.2) is 0 Å². The largest absolute Gasteiger partial charge is 0.356 e. The standard InChI is InChI=1S/C36H26N2/c1-2-12-29-25-31(20-19-26(29)9-1)37-30-21-23-32(24-22-30)38(35-17-7-13-27-10-3-5-15-33(27)35)36-18-8-14-28-11-4-6-16-34(28)36/h1-25,37H. The molecule has 38 heavy (non-hydrogen) atoms. The van der Waals surface area contributed by atoms with Crippen LogP contribution in [0.25, 0.3) is 32.3 Å². The van der Waals surface area contributed by atoms with Gasteiger partial charge in [-0.1, -0.05) is 103 Å². The lowest BCUT2D eigenvalue weighted by molar-refractivity contribution is 1.31. The minimum atomic E-state index is 1.06. The maximum absolute atomic E-state index is 3.58. The molecule has 7 rings (SSSR count). The molecule has 0 unspecified atom stereocenters. The lowest BCUT2D eigenvalue weighted by atomic mass is 10.0. The number of nitrogens with one attached hydrogen (secondary N) is 1. The highest BCUT2D eigenvalue weighted by Crippen LogP contribution is 2.42. The number of fused-ring (bicyclic) bond motifs is 3. The molecule has 0 aliphatic rings. The Balaban J connectivity index is 1.33. The molecule has 0 spiro atoms. The SMILES string of the molecule is c1ccc2cc(Nc3ccc(N(c4cccc5ccccc45)c4cccc5ccccc45)cc3)ccc2c1. The molecule has 0 atom stereocenters. The van der Waals surface area contributed by atoms with Gasteiger partial charge in [0.1, 0.15) is 0 Å². The first-order chi connectivity index (χ1) is 18.8. The molecule has 0 aliphatic heterocycles. The molecule has 0 fully saturated rings. The molecule has 0 radical (unpaired) electrons. The molecular weight excluding hydrogens is 460 g/mol. The molecular formula is C36H26N2. The number of anilines is 5. The molecule has 0 heterocycles. The van der Waals surface area contributed by atoms with Crippen LogP contribution in [0.4, 0.5) is 28.4 Å². The summed E-state index contributed by atoms with van der Waals surface area (Å²) in [6.45, 7) is 0. The third-order valence-corrected chi connectivity index (χ3v) is 7.18. The van der Waals surface area contributed by atoms with Gasteiger partial charge in [0.15, 0.2) is 0 Å². The van der Waals surface area contributed by atoms with E-state index in [1.54, 1.807) is 0 Å². The quantitative estimate of drug-likeness (QED) is 0.260. The maximum Gasteiger partial charge on any atom is 0.0540 e. The number of hydrogen-bond donors (Lipinski definition) is 1. The first kappa shape index (κ1) is 22.1. The van der Waals surface area contributed by atoms with Gasteiger partial charge in [-0.2, -0.15) is 0 Å². The van der Waals surface area contributed by atoms with Gasteiger partial charge in [0.25, 0.3) is 0 Å². The van der Waals surface area contributed by atoms with Gasteiger partial charge in [-0.05, 0) is 70.1 Å². The van der Waals surface area contributed by atoms with Crippen molar-refractivity contribution in [3.05, 3.63) is 152 Å². The summed E-state index contributed by atoms with van der Waals surface area (Å²) >= 11 is 0. The highest BCUT2D eigenvalue weighted by Gasteiger charge is 2.17. The van der Waals surface area contributed by atoms with E-state index in [9.17, 15) is 0 Å². The van der Waals surface area contributed by atoms with E-state index in [1.807, 2.05) is 0 Å². The van der Waals surface area contributed by atoms with Crippen LogP contribution < -0.4 is 10.2 Å². The first-order valence-corrected chi connectivity index (χ1v) is 13.0. The molecule has 7 aromatic rings. The Morgan fingerprint density at radius 2 is 0.868 bits per heavy atom. The zero-order chi connectivity index (χ0) is 25.3. The lowest BCUT2D eigenvalue weighted by Crippen LogP contribution is -2.11. The highest BCUT2D eigenvalue weighted by molar-refractivity contribution is 6.04. The van der Waals surface area contributed by atoms with Crippen LogP contribution in [0.1, 0.15) is 0 Å². The molecule has 0 amide bonds. The van der Waals surface area contributed by atoms with Crippen molar-refractivity contribution < 1.29 is 0 Å². The second-order valence-electron chi connectivity index (χ2n) is 9.57. The topological polar surface area (TPSA) is 15.3 Å². The Kier molecular flexibility index (Phi) is 5.49. The summed E-state index contributed by atoms with van der Waals surface area (Å²) in [4.78, 5) is 2.38. The summed E-state index contributed by atoms with van der Waals surface area (Å²) in [7, 11) is 0. The number of nitrogens with zero attached hydrogens (tertiary/aromatic N) is 1. The molecule has 1 N–H and O–H groups in total. The van der Waals surface area contributed by atoms with E-state index in [1.165, 1.54) is 32.3 Å². The Hall–Kier alpha value is -5.08. The molecule has 2 nitrogen and oxygen atoms in total. The fourth-order valence-electron chi connectivity index (χ4n) is 5.34. The van der Waals surface area contributed by atoms with Crippen LogP contribution in [0, 0.1) is 0 Å². The summed E-state index contributed by atoms with van der Waals surface area (Å²) in [6.07, 6.45) is 0. The average Bonchev–Trinajstić information content (AvgIpc) is 2.98. The van der Waals surface area contributed by atoms with Gasteiger partial charge in [-0.3, -0.25) is 0 Å². The minimum absolute atomic E-state index is 1.06. The summed E-state index contributed by atoms with van der Waals surface area (Å²) < 4.78 is 0. The van der Waals surface area contributed by atoms with Gasteiger partial charge < -0.3 is 10.2 Å². The van der Waals surface area contributed by atoms with Crippen LogP contribution >= 0.6 is 0 Å². The van der Waals surface area contributed by atoms with Crippen LogP contribution in [0.5, 0.6) is 0 Å². The summed E-state index contributed by atoms with van der Waals surface area (Å²) in [6, 6.07) is 53.9. The van der Waals surface area contributed by atoms with E-state index in [-0.39, 0.29) is 0 Å². The molecule has 0 aromatic heterocycles. The summed E-state index contributed by atoms with van der Waals surface area (Å²) in [5, 5.41) is 11.0. The van der Waals surface area contributed by atoms with Crippen molar-refractivity contribution in [1.29, 1.82) is 0 Å². The van der Waals surface area contributed by atoms with Crippen molar-refractivity contribution >= 4 is 60.8 Å². The highest BCUT2D eigenvalue weighted by atomic mass is 15.1. The van der Waals surface area contributed by atoms with Crippen molar-refractivity contribution in [3.8, 4) is 0 Å². The predicted octanol–water partition coefficient (Wildman–Crippen LogP) is 10.4. The molecule has 0 bridgehead atoms. The monoisotopic (exact) mass is 486 g/mol. The Labute approximate surface area is 222 Å². The van der Waals surface area contributed by atoms with Gasteiger partial charge >= 0.3 is 0 Å². The van der Waals surface area contributed by atoms with Crippen LogP contribution in [0.3, 0.4) is 0 Å². The van der Waals surface area contributed by atoms with E-state index in [4.69, 9.17) is 0 Å². The molecule has 7 aromatic carbocycles. The smallest absolute Gasteiger partial charge is 0.0540 e. The van der Waals surface area contributed by atoms with Crippen molar-refractivity contribution in [3.63, 3.8) is 0 Å². The second kappa shape index (κ2) is 9.42. The maximum atomic E-state index is 3.58. The van der Waals surface area contributed by atoms with Gasteiger partial charge in [0.05, 0.1) is 11.4 Å². The van der Waals surface area contributed by atoms with Gasteiger partial charge in [-0.15, -0.1) is 0 Å². The van der Waals surface area contributed by atoms with Crippen molar-refractivity contribution in [2.45, 2.75) is 0 Å². The van der Waals surface area contributed by atoms with Gasteiger partial charge in [0, 0.05) is 27.8 Å².